The standard InChI is InChI=1S/C17H27Cl2N/c1-12(2)10-20-11-17(5,13(3)4)9-14-6-7-15(18)16(19)8-14/h6-8,12-13,20H,9-11H2,1-5H3. The molecular formula is C17H27Cl2N. The van der Waals surface area contributed by atoms with Gasteiger partial charge in [-0.1, -0.05) is 63.9 Å². The minimum atomic E-state index is 0.214. The lowest BCUT2D eigenvalue weighted by Crippen LogP contribution is -2.39. The highest BCUT2D eigenvalue weighted by atomic mass is 35.5. The number of nitrogens with one attached hydrogen (secondary N) is 1. The summed E-state index contributed by atoms with van der Waals surface area (Å²) in [7, 11) is 0. The van der Waals surface area contributed by atoms with E-state index in [1.807, 2.05) is 12.1 Å². The Morgan fingerprint density at radius 3 is 2.25 bits per heavy atom. The quantitative estimate of drug-likeness (QED) is 0.706. The number of halogens is 2. The lowest BCUT2D eigenvalue weighted by atomic mass is 9.74. The summed E-state index contributed by atoms with van der Waals surface area (Å²) in [6.45, 7) is 13.5. The first kappa shape index (κ1) is 17.8. The van der Waals surface area contributed by atoms with E-state index in [1.165, 1.54) is 5.56 Å². The molecule has 1 rings (SSSR count). The normalized spacial score (nSPS) is 14.8. The van der Waals surface area contributed by atoms with Gasteiger partial charge in [-0.05, 0) is 47.9 Å². The highest BCUT2D eigenvalue weighted by molar-refractivity contribution is 6.42. The third-order valence-corrected chi connectivity index (χ3v) is 4.81. The van der Waals surface area contributed by atoms with Crippen molar-refractivity contribution in [3.05, 3.63) is 33.8 Å². The molecule has 0 saturated heterocycles. The van der Waals surface area contributed by atoms with Gasteiger partial charge in [0.1, 0.15) is 0 Å². The lowest BCUT2D eigenvalue weighted by molar-refractivity contribution is 0.205. The number of hydrogen-bond donors (Lipinski definition) is 1. The van der Waals surface area contributed by atoms with E-state index in [-0.39, 0.29) is 5.41 Å². The second-order valence-corrected chi connectivity index (χ2v) is 7.57. The van der Waals surface area contributed by atoms with Crippen molar-refractivity contribution in [2.45, 2.75) is 41.0 Å². The highest BCUT2D eigenvalue weighted by Crippen LogP contribution is 2.32. The number of benzene rings is 1. The largest absolute Gasteiger partial charge is 0.316 e. The second-order valence-electron chi connectivity index (χ2n) is 6.76. The molecule has 114 valence electrons. The molecule has 1 N–H and O–H groups in total. The summed E-state index contributed by atoms with van der Waals surface area (Å²) in [5, 5.41) is 4.86. The first-order valence-corrected chi connectivity index (χ1v) is 8.15. The van der Waals surface area contributed by atoms with Crippen molar-refractivity contribution in [1.29, 1.82) is 0 Å². The van der Waals surface area contributed by atoms with Gasteiger partial charge in [-0.25, -0.2) is 0 Å². The molecule has 1 aromatic rings. The predicted octanol–water partition coefficient (Wildman–Crippen LogP) is 5.44. The zero-order chi connectivity index (χ0) is 15.3. The van der Waals surface area contributed by atoms with Gasteiger partial charge in [-0.3, -0.25) is 0 Å². The Morgan fingerprint density at radius 2 is 1.75 bits per heavy atom. The van der Waals surface area contributed by atoms with Gasteiger partial charge in [0.2, 0.25) is 0 Å². The molecule has 0 aromatic heterocycles. The molecule has 0 amide bonds. The first-order valence-electron chi connectivity index (χ1n) is 7.39. The SMILES string of the molecule is CC(C)CNCC(C)(Cc1ccc(Cl)c(Cl)c1)C(C)C. The molecule has 0 fully saturated rings. The van der Waals surface area contributed by atoms with Crippen molar-refractivity contribution in [2.24, 2.45) is 17.3 Å². The fraction of sp³-hybridized carbons (Fsp3) is 0.647. The molecule has 1 aromatic carbocycles. The maximum Gasteiger partial charge on any atom is 0.0595 e. The summed E-state index contributed by atoms with van der Waals surface area (Å²) in [6, 6.07) is 5.96. The highest BCUT2D eigenvalue weighted by Gasteiger charge is 2.28. The monoisotopic (exact) mass is 315 g/mol. The van der Waals surface area contributed by atoms with Crippen LogP contribution >= 0.6 is 23.2 Å². The molecule has 1 unspecified atom stereocenters. The van der Waals surface area contributed by atoms with E-state index in [0.717, 1.165) is 19.5 Å². The third kappa shape index (κ3) is 5.27. The molecule has 20 heavy (non-hydrogen) atoms. The molecule has 0 spiro atoms. The summed E-state index contributed by atoms with van der Waals surface area (Å²) in [6.07, 6.45) is 1.01. The molecule has 3 heteroatoms. The topological polar surface area (TPSA) is 12.0 Å². The van der Waals surface area contributed by atoms with E-state index in [4.69, 9.17) is 23.2 Å². The minimum absolute atomic E-state index is 0.214. The zero-order valence-corrected chi connectivity index (χ0v) is 14.8. The Hall–Kier alpha value is -0.240. The summed E-state index contributed by atoms with van der Waals surface area (Å²) in [5.41, 5.74) is 1.47. The minimum Gasteiger partial charge on any atom is -0.316 e. The van der Waals surface area contributed by atoms with Crippen LogP contribution in [0.3, 0.4) is 0 Å². The van der Waals surface area contributed by atoms with Crippen LogP contribution in [-0.2, 0) is 6.42 Å². The summed E-state index contributed by atoms with van der Waals surface area (Å²) in [5.74, 6) is 1.27. The van der Waals surface area contributed by atoms with E-state index in [1.54, 1.807) is 0 Å². The van der Waals surface area contributed by atoms with E-state index in [2.05, 4.69) is 46.0 Å². The number of hydrogen-bond acceptors (Lipinski definition) is 1. The Kier molecular flexibility index (Phi) is 6.84. The fourth-order valence-electron chi connectivity index (χ4n) is 2.23. The van der Waals surface area contributed by atoms with E-state index >= 15 is 0 Å². The number of rotatable bonds is 7. The summed E-state index contributed by atoms with van der Waals surface area (Å²) < 4.78 is 0. The van der Waals surface area contributed by atoms with Gasteiger partial charge < -0.3 is 5.32 Å². The smallest absolute Gasteiger partial charge is 0.0595 e. The molecule has 1 nitrogen and oxygen atoms in total. The van der Waals surface area contributed by atoms with Crippen LogP contribution in [0.25, 0.3) is 0 Å². The molecule has 0 aliphatic heterocycles. The molecule has 0 saturated carbocycles. The van der Waals surface area contributed by atoms with Crippen LogP contribution < -0.4 is 5.32 Å². The van der Waals surface area contributed by atoms with Gasteiger partial charge in [0.05, 0.1) is 10.0 Å². The molecule has 0 heterocycles. The third-order valence-electron chi connectivity index (χ3n) is 4.07. The molecule has 0 bridgehead atoms. The molecule has 0 radical (unpaired) electrons. The van der Waals surface area contributed by atoms with Crippen LogP contribution in [0, 0.1) is 17.3 Å². The van der Waals surface area contributed by atoms with Gasteiger partial charge in [0.25, 0.3) is 0 Å². The summed E-state index contributed by atoms with van der Waals surface area (Å²) in [4.78, 5) is 0. The van der Waals surface area contributed by atoms with Crippen molar-refractivity contribution >= 4 is 23.2 Å². The Morgan fingerprint density at radius 1 is 1.10 bits per heavy atom. The molecular weight excluding hydrogens is 289 g/mol. The van der Waals surface area contributed by atoms with Crippen molar-refractivity contribution in [3.63, 3.8) is 0 Å². The van der Waals surface area contributed by atoms with E-state index in [9.17, 15) is 0 Å². The van der Waals surface area contributed by atoms with Crippen LogP contribution in [-0.4, -0.2) is 13.1 Å². The van der Waals surface area contributed by atoms with Crippen LogP contribution in [0.2, 0.25) is 10.0 Å². The average Bonchev–Trinajstić information content (AvgIpc) is 2.33. The van der Waals surface area contributed by atoms with Crippen LogP contribution in [0.4, 0.5) is 0 Å². The van der Waals surface area contributed by atoms with Gasteiger partial charge >= 0.3 is 0 Å². The Bertz CT molecular complexity index is 429. The maximum atomic E-state index is 6.12. The Balaban J connectivity index is 2.77. The van der Waals surface area contributed by atoms with Crippen LogP contribution in [0.1, 0.15) is 40.2 Å². The van der Waals surface area contributed by atoms with E-state index in [0.29, 0.717) is 21.9 Å². The van der Waals surface area contributed by atoms with Crippen molar-refractivity contribution in [3.8, 4) is 0 Å². The Labute approximate surface area is 134 Å². The van der Waals surface area contributed by atoms with Crippen LogP contribution in [0.5, 0.6) is 0 Å². The predicted molar refractivity (Wildman–Crippen MR) is 90.8 cm³/mol. The van der Waals surface area contributed by atoms with Gasteiger partial charge in [0.15, 0.2) is 0 Å². The first-order chi connectivity index (χ1) is 9.24. The van der Waals surface area contributed by atoms with Crippen molar-refractivity contribution in [1.82, 2.24) is 5.32 Å². The lowest BCUT2D eigenvalue weighted by Gasteiger charge is -2.35. The molecule has 0 aliphatic carbocycles. The van der Waals surface area contributed by atoms with Gasteiger partial charge in [-0.2, -0.15) is 0 Å². The summed E-state index contributed by atoms with van der Waals surface area (Å²) >= 11 is 12.1. The van der Waals surface area contributed by atoms with Crippen molar-refractivity contribution < 1.29 is 0 Å². The second kappa shape index (κ2) is 7.68. The zero-order valence-electron chi connectivity index (χ0n) is 13.3. The van der Waals surface area contributed by atoms with Gasteiger partial charge in [0, 0.05) is 6.54 Å². The van der Waals surface area contributed by atoms with Crippen molar-refractivity contribution in [2.75, 3.05) is 13.1 Å². The fourth-order valence-corrected chi connectivity index (χ4v) is 2.55. The van der Waals surface area contributed by atoms with Gasteiger partial charge in [-0.15, -0.1) is 0 Å². The molecule has 0 aliphatic rings. The molecule has 1 atom stereocenters. The maximum absolute atomic E-state index is 6.12. The van der Waals surface area contributed by atoms with Crippen LogP contribution in [0.15, 0.2) is 18.2 Å². The van der Waals surface area contributed by atoms with E-state index < -0.39 is 0 Å². The average molecular weight is 316 g/mol.